The summed E-state index contributed by atoms with van der Waals surface area (Å²) in [5.41, 5.74) is 4.66. The normalized spacial score (nSPS) is 11.9. The summed E-state index contributed by atoms with van der Waals surface area (Å²) in [5, 5.41) is 1.79. The molecule has 11 heteroatoms. The number of anilines is 2. The van der Waals surface area contributed by atoms with Crippen LogP contribution in [0, 0.1) is 0 Å². The number of carbonyl (C=O) groups excluding carboxylic acids is 2. The van der Waals surface area contributed by atoms with Gasteiger partial charge in [-0.1, -0.05) is 0 Å². The molecule has 0 aliphatic heterocycles. The van der Waals surface area contributed by atoms with Crippen LogP contribution in [0.15, 0.2) is 36.4 Å². The monoisotopic (exact) mass is 391 g/mol. The van der Waals surface area contributed by atoms with E-state index in [0.717, 1.165) is 24.3 Å². The van der Waals surface area contributed by atoms with Crippen LogP contribution in [0.2, 0.25) is 0 Å². The third-order valence-electron chi connectivity index (χ3n) is 3.48. The van der Waals surface area contributed by atoms with E-state index in [9.17, 15) is 35.9 Å². The summed E-state index contributed by atoms with van der Waals surface area (Å²) in [5.74, 6) is -1.91. The lowest BCUT2D eigenvalue weighted by Crippen LogP contribution is -2.19. The Bertz CT molecular complexity index is 889. The Balaban J connectivity index is 2.46. The van der Waals surface area contributed by atoms with Crippen molar-refractivity contribution < 1.29 is 35.9 Å². The van der Waals surface area contributed by atoms with Crippen molar-refractivity contribution in [2.75, 3.05) is 11.1 Å². The Morgan fingerprint density at radius 3 is 1.74 bits per heavy atom. The third kappa shape index (κ3) is 4.49. The maximum Gasteiger partial charge on any atom is 0.418 e. The molecule has 0 saturated heterocycles. The first kappa shape index (κ1) is 20.1. The molecule has 5 nitrogen and oxygen atoms in total. The predicted molar refractivity (Wildman–Crippen MR) is 83.8 cm³/mol. The predicted octanol–water partition coefficient (Wildman–Crippen LogP) is 3.66. The molecule has 0 spiro atoms. The van der Waals surface area contributed by atoms with Crippen LogP contribution in [0.3, 0.4) is 0 Å². The molecule has 5 N–H and O–H groups in total. The minimum absolute atomic E-state index is 0.0365. The fourth-order valence-corrected chi connectivity index (χ4v) is 2.18. The molecule has 27 heavy (non-hydrogen) atoms. The van der Waals surface area contributed by atoms with E-state index < -0.39 is 46.7 Å². The first-order valence-corrected chi connectivity index (χ1v) is 7.10. The summed E-state index contributed by atoms with van der Waals surface area (Å²) in [7, 11) is 0. The van der Waals surface area contributed by atoms with E-state index in [4.69, 9.17) is 11.5 Å². The number of nitrogens with one attached hydrogen (secondary N) is 1. The van der Waals surface area contributed by atoms with Crippen molar-refractivity contribution in [2.45, 2.75) is 12.4 Å². The maximum absolute atomic E-state index is 13.1. The minimum Gasteiger partial charge on any atom is -0.398 e. The van der Waals surface area contributed by atoms with E-state index in [0.29, 0.717) is 0 Å². The number of benzene rings is 2. The lowest BCUT2D eigenvalue weighted by atomic mass is 10.0. The van der Waals surface area contributed by atoms with Gasteiger partial charge in [0.1, 0.15) is 0 Å². The highest BCUT2D eigenvalue weighted by Crippen LogP contribution is 2.42. The molecule has 0 heterocycles. The standard InChI is InChI=1S/C16H11F6N3O2/c17-15(18,19)9-6-12(10(5-11(9)23)16(20,21)22)25-14(27)8-3-1-7(2-4-8)13(24)26/h1-6H,23H2,(H2,24,26)(H,25,27). The molecule has 0 aromatic heterocycles. The fourth-order valence-electron chi connectivity index (χ4n) is 2.18. The zero-order valence-corrected chi connectivity index (χ0v) is 13.2. The van der Waals surface area contributed by atoms with Crippen molar-refractivity contribution >= 4 is 23.2 Å². The molecule has 0 aliphatic carbocycles. The number of amides is 2. The highest BCUT2D eigenvalue weighted by atomic mass is 19.4. The van der Waals surface area contributed by atoms with E-state index >= 15 is 0 Å². The highest BCUT2D eigenvalue weighted by Gasteiger charge is 2.39. The van der Waals surface area contributed by atoms with Crippen LogP contribution < -0.4 is 16.8 Å². The number of carbonyl (C=O) groups is 2. The van der Waals surface area contributed by atoms with Gasteiger partial charge >= 0.3 is 12.4 Å². The zero-order valence-electron chi connectivity index (χ0n) is 13.2. The zero-order chi connectivity index (χ0) is 20.6. The van der Waals surface area contributed by atoms with Crippen LogP contribution in [0.25, 0.3) is 0 Å². The van der Waals surface area contributed by atoms with Crippen LogP contribution in [-0.2, 0) is 12.4 Å². The van der Waals surface area contributed by atoms with Gasteiger partial charge in [-0.15, -0.1) is 0 Å². The molecule has 2 amide bonds. The Labute approximate surface area is 147 Å². The summed E-state index contributed by atoms with van der Waals surface area (Å²) < 4.78 is 78.1. The second-order valence-corrected chi connectivity index (χ2v) is 5.38. The number of hydrogen-bond donors (Lipinski definition) is 3. The van der Waals surface area contributed by atoms with Crippen LogP contribution >= 0.6 is 0 Å². The molecule has 0 aliphatic rings. The molecule has 0 fully saturated rings. The van der Waals surface area contributed by atoms with Gasteiger partial charge in [0.25, 0.3) is 5.91 Å². The molecule has 0 radical (unpaired) electrons. The Kier molecular flexibility index (Phi) is 5.07. The number of halogens is 6. The molecule has 2 aromatic carbocycles. The lowest BCUT2D eigenvalue weighted by molar-refractivity contribution is -0.140. The van der Waals surface area contributed by atoms with Crippen molar-refractivity contribution in [3.63, 3.8) is 0 Å². The van der Waals surface area contributed by atoms with E-state index in [1.54, 1.807) is 5.32 Å². The summed E-state index contributed by atoms with van der Waals surface area (Å²) >= 11 is 0. The SMILES string of the molecule is NC(=O)c1ccc(C(=O)Nc2cc(C(F)(F)F)c(N)cc2C(F)(F)F)cc1. The smallest absolute Gasteiger partial charge is 0.398 e. The van der Waals surface area contributed by atoms with Crippen molar-refractivity contribution in [1.29, 1.82) is 0 Å². The number of alkyl halides is 6. The van der Waals surface area contributed by atoms with Gasteiger partial charge in [-0.05, 0) is 36.4 Å². The summed E-state index contributed by atoms with van der Waals surface area (Å²) in [4.78, 5) is 23.1. The molecule has 2 aromatic rings. The maximum atomic E-state index is 13.1. The minimum atomic E-state index is -5.06. The summed E-state index contributed by atoms with van der Waals surface area (Å²) in [6, 6.07) is 4.69. The topological polar surface area (TPSA) is 98.2 Å². The van der Waals surface area contributed by atoms with Gasteiger partial charge in [0.15, 0.2) is 0 Å². The molecule has 144 valence electrons. The van der Waals surface area contributed by atoms with Crippen LogP contribution in [0.4, 0.5) is 37.7 Å². The largest absolute Gasteiger partial charge is 0.418 e. The number of rotatable bonds is 3. The Morgan fingerprint density at radius 1 is 0.815 bits per heavy atom. The average molecular weight is 391 g/mol. The van der Waals surface area contributed by atoms with Gasteiger partial charge < -0.3 is 16.8 Å². The van der Waals surface area contributed by atoms with Gasteiger partial charge in [-0.25, -0.2) is 0 Å². The van der Waals surface area contributed by atoms with Gasteiger partial charge in [0, 0.05) is 16.8 Å². The molecule has 0 unspecified atom stereocenters. The fraction of sp³-hybridized carbons (Fsp3) is 0.125. The van der Waals surface area contributed by atoms with Gasteiger partial charge in [-0.2, -0.15) is 26.3 Å². The number of hydrogen-bond acceptors (Lipinski definition) is 3. The first-order chi connectivity index (χ1) is 12.3. The number of nitrogens with two attached hydrogens (primary N) is 2. The average Bonchev–Trinajstić information content (AvgIpc) is 2.54. The second kappa shape index (κ2) is 6.82. The highest BCUT2D eigenvalue weighted by molar-refractivity contribution is 6.05. The van der Waals surface area contributed by atoms with Gasteiger partial charge in [0.05, 0.1) is 16.8 Å². The summed E-state index contributed by atoms with van der Waals surface area (Å²) in [6.45, 7) is 0. The van der Waals surface area contributed by atoms with E-state index in [1.165, 1.54) is 0 Å². The van der Waals surface area contributed by atoms with Crippen molar-refractivity contribution in [2.24, 2.45) is 5.73 Å². The molecule has 0 bridgehead atoms. The molecular weight excluding hydrogens is 380 g/mol. The number of nitrogen functional groups attached to an aromatic ring is 1. The second-order valence-electron chi connectivity index (χ2n) is 5.38. The molecule has 0 saturated carbocycles. The van der Waals surface area contributed by atoms with Gasteiger partial charge in [0.2, 0.25) is 5.91 Å². The Morgan fingerprint density at radius 2 is 1.30 bits per heavy atom. The number of primary amides is 1. The van der Waals surface area contributed by atoms with Crippen molar-refractivity contribution in [3.05, 3.63) is 58.7 Å². The summed E-state index contributed by atoms with van der Waals surface area (Å²) in [6.07, 6.45) is -10.1. The van der Waals surface area contributed by atoms with Crippen LogP contribution in [0.5, 0.6) is 0 Å². The van der Waals surface area contributed by atoms with E-state index in [-0.39, 0.29) is 23.3 Å². The quantitative estimate of drug-likeness (QED) is 0.550. The van der Waals surface area contributed by atoms with Crippen molar-refractivity contribution in [1.82, 2.24) is 0 Å². The van der Waals surface area contributed by atoms with E-state index in [1.807, 2.05) is 0 Å². The van der Waals surface area contributed by atoms with Crippen LogP contribution in [0.1, 0.15) is 31.8 Å². The first-order valence-electron chi connectivity index (χ1n) is 7.10. The molecule has 0 atom stereocenters. The third-order valence-corrected chi connectivity index (χ3v) is 3.48. The Hall–Kier alpha value is -3.24. The molecule has 2 rings (SSSR count). The van der Waals surface area contributed by atoms with Gasteiger partial charge in [-0.3, -0.25) is 9.59 Å². The van der Waals surface area contributed by atoms with Crippen molar-refractivity contribution in [3.8, 4) is 0 Å². The lowest BCUT2D eigenvalue weighted by Gasteiger charge is -2.18. The van der Waals surface area contributed by atoms with Crippen LogP contribution in [-0.4, -0.2) is 11.8 Å². The molecular formula is C16H11F6N3O2. The van der Waals surface area contributed by atoms with E-state index in [2.05, 4.69) is 0 Å².